The van der Waals surface area contributed by atoms with E-state index in [1.807, 2.05) is 0 Å². The first-order chi connectivity index (χ1) is 27.8. The molecule has 0 aliphatic rings. The lowest BCUT2D eigenvalue weighted by Gasteiger charge is -2.26. The molecule has 0 fully saturated rings. The van der Waals surface area contributed by atoms with E-state index in [4.69, 9.17) is 0 Å². The fourth-order valence-electron chi connectivity index (χ4n) is 8.66. The van der Waals surface area contributed by atoms with Crippen LogP contribution in [0.15, 0.2) is 218 Å². The summed E-state index contributed by atoms with van der Waals surface area (Å²) in [7, 11) is 0. The molecule has 2 nitrogen and oxygen atoms in total. The van der Waals surface area contributed by atoms with Gasteiger partial charge >= 0.3 is 0 Å². The molecule has 2 heteroatoms. The molecule has 1 aromatic heterocycles. The van der Waals surface area contributed by atoms with Crippen molar-refractivity contribution in [1.82, 2.24) is 4.57 Å². The van der Waals surface area contributed by atoms with Crippen molar-refractivity contribution in [3.63, 3.8) is 0 Å². The fourth-order valence-corrected chi connectivity index (χ4v) is 8.66. The average Bonchev–Trinajstić information content (AvgIpc) is 3.62. The third-order valence-electron chi connectivity index (χ3n) is 11.3. The van der Waals surface area contributed by atoms with Crippen molar-refractivity contribution in [2.75, 3.05) is 4.90 Å². The zero-order chi connectivity index (χ0) is 37.0. The number of fused-ring (bicyclic) bond motifs is 7. The molecule has 0 spiro atoms. The standard InChI is InChI=1S/C54H36N2/c1-2-14-44(15-3-1)55(45-31-25-40(26-32-45)49-19-10-13-38-11-4-6-16-48(38)49)47-33-27-42-35-41(21-22-43(42)36-47)37-23-29-46(30-24-37)56-52-20-9-8-18-51(52)54-50-17-7-5-12-39(50)28-34-53(54)56/h1-36H. The number of hydrogen-bond acceptors (Lipinski definition) is 1. The minimum Gasteiger partial charge on any atom is -0.310 e. The number of rotatable bonds is 6. The summed E-state index contributed by atoms with van der Waals surface area (Å²) < 4.78 is 2.40. The topological polar surface area (TPSA) is 8.17 Å². The van der Waals surface area contributed by atoms with Gasteiger partial charge in [-0.25, -0.2) is 0 Å². The predicted octanol–water partition coefficient (Wildman–Crippen LogP) is 15.0. The van der Waals surface area contributed by atoms with E-state index in [0.29, 0.717) is 0 Å². The summed E-state index contributed by atoms with van der Waals surface area (Å²) in [6.45, 7) is 0. The Kier molecular flexibility index (Phi) is 7.53. The quantitative estimate of drug-likeness (QED) is 0.167. The number of aromatic nitrogens is 1. The summed E-state index contributed by atoms with van der Waals surface area (Å²) in [5, 5.41) is 10.1. The number of para-hydroxylation sites is 2. The molecule has 0 aliphatic carbocycles. The maximum Gasteiger partial charge on any atom is 0.0547 e. The Morgan fingerprint density at radius 2 is 0.875 bits per heavy atom. The minimum atomic E-state index is 1.12. The summed E-state index contributed by atoms with van der Waals surface area (Å²) in [6.07, 6.45) is 0. The van der Waals surface area contributed by atoms with Gasteiger partial charge in [-0.15, -0.1) is 0 Å². The van der Waals surface area contributed by atoms with E-state index in [-0.39, 0.29) is 0 Å². The third-order valence-corrected chi connectivity index (χ3v) is 11.3. The van der Waals surface area contributed by atoms with Crippen LogP contribution in [0.3, 0.4) is 0 Å². The molecule has 0 saturated carbocycles. The molecule has 0 radical (unpaired) electrons. The Hall–Kier alpha value is -7.42. The zero-order valence-electron chi connectivity index (χ0n) is 30.7. The lowest BCUT2D eigenvalue weighted by Crippen LogP contribution is -2.09. The van der Waals surface area contributed by atoms with Gasteiger partial charge in [0.1, 0.15) is 0 Å². The van der Waals surface area contributed by atoms with E-state index in [1.54, 1.807) is 0 Å². The summed E-state index contributed by atoms with van der Waals surface area (Å²) in [5.74, 6) is 0. The van der Waals surface area contributed by atoms with Gasteiger partial charge in [-0.1, -0.05) is 152 Å². The molecule has 0 N–H and O–H groups in total. The molecule has 0 aliphatic heterocycles. The highest BCUT2D eigenvalue weighted by atomic mass is 15.1. The third kappa shape index (κ3) is 5.34. The second kappa shape index (κ2) is 13.2. The summed E-state index contributed by atoms with van der Waals surface area (Å²) in [4.78, 5) is 2.34. The molecule has 0 bridgehead atoms. The highest BCUT2D eigenvalue weighted by Crippen LogP contribution is 2.40. The molecule has 0 unspecified atom stereocenters. The van der Waals surface area contributed by atoms with Gasteiger partial charge in [0.15, 0.2) is 0 Å². The van der Waals surface area contributed by atoms with Crippen molar-refractivity contribution < 1.29 is 0 Å². The molecule has 11 aromatic rings. The SMILES string of the molecule is c1ccc(N(c2ccc(-c3cccc4ccccc34)cc2)c2ccc3cc(-c4ccc(-n5c6ccccc6c6c7ccccc7ccc65)cc4)ccc3c2)cc1. The van der Waals surface area contributed by atoms with E-state index in [1.165, 1.54) is 76.4 Å². The van der Waals surface area contributed by atoms with E-state index < -0.39 is 0 Å². The zero-order valence-corrected chi connectivity index (χ0v) is 30.7. The van der Waals surface area contributed by atoms with Gasteiger partial charge in [-0.3, -0.25) is 0 Å². The van der Waals surface area contributed by atoms with Gasteiger partial charge in [0.2, 0.25) is 0 Å². The first kappa shape index (κ1) is 32.0. The maximum absolute atomic E-state index is 2.40. The highest BCUT2D eigenvalue weighted by molar-refractivity contribution is 6.21. The highest BCUT2D eigenvalue weighted by Gasteiger charge is 2.16. The second-order valence-electron chi connectivity index (χ2n) is 14.6. The van der Waals surface area contributed by atoms with Crippen molar-refractivity contribution in [1.29, 1.82) is 0 Å². The van der Waals surface area contributed by atoms with Crippen molar-refractivity contribution in [2.24, 2.45) is 0 Å². The molecule has 10 aromatic carbocycles. The van der Waals surface area contributed by atoms with Crippen LogP contribution < -0.4 is 4.90 Å². The van der Waals surface area contributed by atoms with Gasteiger partial charge in [-0.2, -0.15) is 0 Å². The lowest BCUT2D eigenvalue weighted by molar-refractivity contribution is 1.18. The van der Waals surface area contributed by atoms with Gasteiger partial charge in [-0.05, 0) is 121 Å². The van der Waals surface area contributed by atoms with Gasteiger partial charge < -0.3 is 9.47 Å². The normalized spacial score (nSPS) is 11.6. The number of nitrogens with zero attached hydrogens (tertiary/aromatic N) is 2. The Bertz CT molecular complexity index is 3220. The molecule has 0 atom stereocenters. The van der Waals surface area contributed by atoms with Crippen LogP contribution in [0.2, 0.25) is 0 Å². The van der Waals surface area contributed by atoms with Crippen molar-refractivity contribution in [3.05, 3.63) is 218 Å². The van der Waals surface area contributed by atoms with Crippen LogP contribution in [0, 0.1) is 0 Å². The monoisotopic (exact) mass is 712 g/mol. The summed E-state index contributed by atoms with van der Waals surface area (Å²) in [5.41, 5.74) is 11.8. The number of hydrogen-bond donors (Lipinski definition) is 0. The molecular weight excluding hydrogens is 677 g/mol. The fraction of sp³-hybridized carbons (Fsp3) is 0. The molecule has 0 saturated heterocycles. The lowest BCUT2D eigenvalue weighted by atomic mass is 9.98. The average molecular weight is 713 g/mol. The van der Waals surface area contributed by atoms with Crippen LogP contribution in [0.25, 0.3) is 82.1 Å². The smallest absolute Gasteiger partial charge is 0.0547 e. The van der Waals surface area contributed by atoms with Crippen LogP contribution in [-0.4, -0.2) is 4.57 Å². The largest absolute Gasteiger partial charge is 0.310 e. The second-order valence-corrected chi connectivity index (χ2v) is 14.6. The first-order valence-electron chi connectivity index (χ1n) is 19.3. The van der Waals surface area contributed by atoms with E-state index in [9.17, 15) is 0 Å². The van der Waals surface area contributed by atoms with E-state index in [2.05, 4.69) is 228 Å². The van der Waals surface area contributed by atoms with Gasteiger partial charge in [0.25, 0.3) is 0 Å². The molecule has 0 amide bonds. The van der Waals surface area contributed by atoms with E-state index >= 15 is 0 Å². The predicted molar refractivity (Wildman–Crippen MR) is 239 cm³/mol. The Balaban J connectivity index is 0.933. The number of benzene rings is 10. The minimum absolute atomic E-state index is 1.12. The van der Waals surface area contributed by atoms with Crippen molar-refractivity contribution in [2.45, 2.75) is 0 Å². The first-order valence-corrected chi connectivity index (χ1v) is 19.3. The van der Waals surface area contributed by atoms with Crippen molar-refractivity contribution >= 4 is 71.2 Å². The van der Waals surface area contributed by atoms with Crippen LogP contribution in [0.5, 0.6) is 0 Å². The molecule has 56 heavy (non-hydrogen) atoms. The Morgan fingerprint density at radius 3 is 1.70 bits per heavy atom. The van der Waals surface area contributed by atoms with Gasteiger partial charge in [0.05, 0.1) is 11.0 Å². The molecule has 262 valence electrons. The molecule has 11 rings (SSSR count). The van der Waals surface area contributed by atoms with Crippen molar-refractivity contribution in [3.8, 4) is 27.9 Å². The summed E-state index contributed by atoms with van der Waals surface area (Å²) in [6, 6.07) is 79.4. The van der Waals surface area contributed by atoms with Crippen LogP contribution in [-0.2, 0) is 0 Å². The molecule has 1 heterocycles. The Labute approximate surface area is 325 Å². The maximum atomic E-state index is 2.40. The van der Waals surface area contributed by atoms with Crippen LogP contribution in [0.1, 0.15) is 0 Å². The summed E-state index contributed by atoms with van der Waals surface area (Å²) >= 11 is 0. The van der Waals surface area contributed by atoms with Crippen LogP contribution >= 0.6 is 0 Å². The van der Waals surface area contributed by atoms with Crippen LogP contribution in [0.4, 0.5) is 17.1 Å². The number of anilines is 3. The molecular formula is C54H36N2. The van der Waals surface area contributed by atoms with E-state index in [0.717, 1.165) is 22.7 Å². The Morgan fingerprint density at radius 1 is 0.304 bits per heavy atom. The van der Waals surface area contributed by atoms with Gasteiger partial charge in [0, 0.05) is 33.5 Å².